The monoisotopic (exact) mass is 331 g/mol. The molecular formula is C18H25N3O3. The number of para-hydroxylation sites is 1. The summed E-state index contributed by atoms with van der Waals surface area (Å²) in [6, 6.07) is 7.54. The molecule has 0 saturated carbocycles. The number of nitrogens with one attached hydrogen (secondary N) is 1. The second kappa shape index (κ2) is 7.95. The van der Waals surface area contributed by atoms with Gasteiger partial charge >= 0.3 is 11.8 Å². The molecule has 6 nitrogen and oxygen atoms in total. The number of benzene rings is 1. The van der Waals surface area contributed by atoms with Crippen LogP contribution in [0.4, 0.5) is 5.69 Å². The lowest BCUT2D eigenvalue weighted by Gasteiger charge is -2.30. The van der Waals surface area contributed by atoms with Gasteiger partial charge in [0.05, 0.1) is 0 Å². The maximum absolute atomic E-state index is 12.3. The summed E-state index contributed by atoms with van der Waals surface area (Å²) in [6.45, 7) is 4.93. The first kappa shape index (κ1) is 18.0. The molecule has 1 fully saturated rings. The van der Waals surface area contributed by atoms with Crippen molar-refractivity contribution in [1.29, 1.82) is 0 Å². The predicted octanol–water partition coefficient (Wildman–Crippen LogP) is 1.86. The molecule has 6 heteroatoms. The Labute approximate surface area is 142 Å². The lowest BCUT2D eigenvalue weighted by Crippen LogP contribution is -2.46. The molecule has 2 rings (SSSR count). The van der Waals surface area contributed by atoms with E-state index in [0.717, 1.165) is 12.0 Å². The number of hydrogen-bond acceptors (Lipinski definition) is 3. The van der Waals surface area contributed by atoms with E-state index in [-0.39, 0.29) is 11.8 Å². The summed E-state index contributed by atoms with van der Waals surface area (Å²) in [5, 5.41) is 2.74. The van der Waals surface area contributed by atoms with Crippen LogP contribution >= 0.6 is 0 Å². The Morgan fingerprint density at radius 3 is 2.46 bits per heavy atom. The molecule has 1 aliphatic rings. The topological polar surface area (TPSA) is 92.5 Å². The Hall–Kier alpha value is -2.37. The molecule has 1 aromatic rings. The fourth-order valence-corrected chi connectivity index (χ4v) is 2.95. The molecule has 1 aliphatic heterocycles. The van der Waals surface area contributed by atoms with E-state index in [4.69, 9.17) is 5.73 Å². The predicted molar refractivity (Wildman–Crippen MR) is 92.3 cm³/mol. The second-order valence-electron chi connectivity index (χ2n) is 6.32. The van der Waals surface area contributed by atoms with Crippen molar-refractivity contribution >= 4 is 23.4 Å². The highest BCUT2D eigenvalue weighted by atomic mass is 16.2. The third-order valence-corrected chi connectivity index (χ3v) is 4.73. The summed E-state index contributed by atoms with van der Waals surface area (Å²) in [6.07, 6.45) is 1.97. The summed E-state index contributed by atoms with van der Waals surface area (Å²) >= 11 is 0. The fourth-order valence-electron chi connectivity index (χ4n) is 2.95. The van der Waals surface area contributed by atoms with Crippen LogP contribution in [0.15, 0.2) is 24.3 Å². The van der Waals surface area contributed by atoms with E-state index in [1.165, 1.54) is 4.90 Å². The molecule has 1 unspecified atom stereocenters. The molecule has 3 amide bonds. The lowest BCUT2D eigenvalue weighted by molar-refractivity contribution is -0.144. The summed E-state index contributed by atoms with van der Waals surface area (Å²) in [5.74, 6) is -1.44. The largest absolute Gasteiger partial charge is 0.369 e. The van der Waals surface area contributed by atoms with Gasteiger partial charge in [-0.2, -0.15) is 0 Å². The number of carbonyl (C=O) groups excluding carboxylic acids is 3. The number of carbonyl (C=O) groups is 3. The Morgan fingerprint density at radius 1 is 1.25 bits per heavy atom. The molecule has 1 saturated heterocycles. The normalized spacial score (nSPS) is 16.5. The van der Waals surface area contributed by atoms with Gasteiger partial charge < -0.3 is 16.0 Å². The number of amides is 3. The van der Waals surface area contributed by atoms with Gasteiger partial charge in [-0.05, 0) is 36.8 Å². The van der Waals surface area contributed by atoms with Crippen molar-refractivity contribution in [2.75, 3.05) is 18.4 Å². The highest BCUT2D eigenvalue weighted by Crippen LogP contribution is 2.26. The van der Waals surface area contributed by atoms with E-state index in [1.54, 1.807) is 0 Å². The minimum Gasteiger partial charge on any atom is -0.369 e. The molecule has 24 heavy (non-hydrogen) atoms. The summed E-state index contributed by atoms with van der Waals surface area (Å²) in [7, 11) is 0. The Morgan fingerprint density at radius 2 is 1.88 bits per heavy atom. The first-order valence-electron chi connectivity index (χ1n) is 8.42. The smallest absolute Gasteiger partial charge is 0.313 e. The van der Waals surface area contributed by atoms with Crippen LogP contribution in [0.25, 0.3) is 0 Å². The second-order valence-corrected chi connectivity index (χ2v) is 6.32. The molecule has 3 N–H and O–H groups in total. The van der Waals surface area contributed by atoms with Crippen molar-refractivity contribution in [2.45, 2.75) is 39.0 Å². The standard InChI is InChI=1S/C18H25N3O3/c1-3-12(2)14-6-4-5-7-15(14)20-17(23)18(24)21-10-8-13(9-11-21)16(19)22/h4-7,12-13H,3,8-11H2,1-2H3,(H2,19,22)(H,20,23). The van der Waals surface area contributed by atoms with E-state index < -0.39 is 11.8 Å². The van der Waals surface area contributed by atoms with Gasteiger partial charge in [-0.3, -0.25) is 14.4 Å². The first-order valence-corrected chi connectivity index (χ1v) is 8.42. The average Bonchev–Trinajstić information content (AvgIpc) is 2.60. The third kappa shape index (κ3) is 4.13. The molecule has 0 aromatic heterocycles. The van der Waals surface area contributed by atoms with E-state index in [9.17, 15) is 14.4 Å². The highest BCUT2D eigenvalue weighted by molar-refractivity contribution is 6.39. The van der Waals surface area contributed by atoms with Crippen LogP contribution in [0.2, 0.25) is 0 Å². The van der Waals surface area contributed by atoms with Gasteiger partial charge in [0, 0.05) is 24.7 Å². The number of piperidine rings is 1. The Balaban J connectivity index is 2.00. The minimum absolute atomic E-state index is 0.205. The van der Waals surface area contributed by atoms with Gasteiger partial charge in [0.1, 0.15) is 0 Å². The van der Waals surface area contributed by atoms with Crippen LogP contribution < -0.4 is 11.1 Å². The number of primary amides is 1. The van der Waals surface area contributed by atoms with E-state index in [1.807, 2.05) is 24.3 Å². The Bertz CT molecular complexity index is 622. The number of hydrogen-bond donors (Lipinski definition) is 2. The van der Waals surface area contributed by atoms with Crippen LogP contribution in [0, 0.1) is 5.92 Å². The van der Waals surface area contributed by atoms with Gasteiger partial charge in [-0.15, -0.1) is 0 Å². The minimum atomic E-state index is -0.636. The van der Waals surface area contributed by atoms with Crippen molar-refractivity contribution in [3.63, 3.8) is 0 Å². The fraction of sp³-hybridized carbons (Fsp3) is 0.500. The molecule has 0 radical (unpaired) electrons. The zero-order valence-electron chi connectivity index (χ0n) is 14.2. The summed E-state index contributed by atoms with van der Waals surface area (Å²) in [5.41, 5.74) is 6.99. The third-order valence-electron chi connectivity index (χ3n) is 4.73. The summed E-state index contributed by atoms with van der Waals surface area (Å²) in [4.78, 5) is 37.3. The molecule has 1 atom stereocenters. The quantitative estimate of drug-likeness (QED) is 0.825. The molecule has 1 aromatic carbocycles. The van der Waals surface area contributed by atoms with Crippen molar-refractivity contribution in [3.05, 3.63) is 29.8 Å². The van der Waals surface area contributed by atoms with Gasteiger partial charge in [-0.1, -0.05) is 32.0 Å². The first-order chi connectivity index (χ1) is 11.4. The van der Waals surface area contributed by atoms with Crippen molar-refractivity contribution < 1.29 is 14.4 Å². The van der Waals surface area contributed by atoms with Crippen LogP contribution in [0.3, 0.4) is 0 Å². The van der Waals surface area contributed by atoms with E-state index in [2.05, 4.69) is 19.2 Å². The number of nitrogens with zero attached hydrogens (tertiary/aromatic N) is 1. The van der Waals surface area contributed by atoms with E-state index in [0.29, 0.717) is 37.5 Å². The van der Waals surface area contributed by atoms with Crippen molar-refractivity contribution in [3.8, 4) is 0 Å². The molecule has 1 heterocycles. The average molecular weight is 331 g/mol. The van der Waals surface area contributed by atoms with Crippen LogP contribution in [-0.2, 0) is 14.4 Å². The van der Waals surface area contributed by atoms with Crippen molar-refractivity contribution in [1.82, 2.24) is 4.90 Å². The molecule has 0 spiro atoms. The zero-order chi connectivity index (χ0) is 17.7. The number of nitrogens with two attached hydrogens (primary N) is 1. The molecule has 0 bridgehead atoms. The van der Waals surface area contributed by atoms with Crippen molar-refractivity contribution in [2.24, 2.45) is 11.7 Å². The summed E-state index contributed by atoms with van der Waals surface area (Å²) < 4.78 is 0. The van der Waals surface area contributed by atoms with Crippen LogP contribution in [-0.4, -0.2) is 35.7 Å². The number of likely N-dealkylation sites (tertiary alicyclic amines) is 1. The van der Waals surface area contributed by atoms with Gasteiger partial charge in [0.25, 0.3) is 0 Å². The number of anilines is 1. The number of rotatable bonds is 4. The van der Waals surface area contributed by atoms with Crippen LogP contribution in [0.1, 0.15) is 44.6 Å². The lowest BCUT2D eigenvalue weighted by atomic mass is 9.96. The van der Waals surface area contributed by atoms with Gasteiger partial charge in [0.15, 0.2) is 0 Å². The van der Waals surface area contributed by atoms with E-state index >= 15 is 0 Å². The SMILES string of the molecule is CCC(C)c1ccccc1NC(=O)C(=O)N1CCC(C(N)=O)CC1. The zero-order valence-corrected chi connectivity index (χ0v) is 14.2. The maximum Gasteiger partial charge on any atom is 0.313 e. The molecular weight excluding hydrogens is 306 g/mol. The van der Waals surface area contributed by atoms with Gasteiger partial charge in [0.2, 0.25) is 5.91 Å². The van der Waals surface area contributed by atoms with Crippen LogP contribution in [0.5, 0.6) is 0 Å². The molecule has 130 valence electrons. The van der Waals surface area contributed by atoms with Gasteiger partial charge in [-0.25, -0.2) is 0 Å². The Kier molecular flexibility index (Phi) is 5.95. The molecule has 0 aliphatic carbocycles. The highest BCUT2D eigenvalue weighted by Gasteiger charge is 2.29. The maximum atomic E-state index is 12.3.